The smallest absolute Gasteiger partial charge is 0.420 e. The third-order valence-electron chi connectivity index (χ3n) is 4.10. The number of carbonyl (C=O) groups is 2. The highest BCUT2D eigenvalue weighted by molar-refractivity contribution is 6.31. The molecular weight excluding hydrogens is 441 g/mol. The van der Waals surface area contributed by atoms with E-state index in [1.54, 1.807) is 26.8 Å². The fourth-order valence-electron chi connectivity index (χ4n) is 2.87. The second kappa shape index (κ2) is 8.96. The van der Waals surface area contributed by atoms with Gasteiger partial charge in [0.25, 0.3) is 0 Å². The molecule has 0 N–H and O–H groups in total. The molecule has 0 aliphatic carbocycles. The van der Waals surface area contributed by atoms with Crippen molar-refractivity contribution in [2.75, 3.05) is 12.0 Å². The number of halogens is 2. The van der Waals surface area contributed by atoms with Crippen LogP contribution in [0, 0.1) is 5.82 Å². The molecule has 1 heterocycles. The summed E-state index contributed by atoms with van der Waals surface area (Å²) < 4.78 is 29.9. The summed E-state index contributed by atoms with van der Waals surface area (Å²) in [6.07, 6.45) is 0.482. The molecule has 1 aromatic heterocycles. The predicted molar refractivity (Wildman–Crippen MR) is 117 cm³/mol. The van der Waals surface area contributed by atoms with Crippen molar-refractivity contribution in [1.29, 1.82) is 0 Å². The molecule has 8 nitrogen and oxygen atoms in total. The van der Waals surface area contributed by atoms with Gasteiger partial charge in [-0.15, -0.1) is 0 Å². The summed E-state index contributed by atoms with van der Waals surface area (Å²) >= 11 is 5.96. The third-order valence-corrected chi connectivity index (χ3v) is 4.39. The molecule has 0 radical (unpaired) electrons. The third kappa shape index (κ3) is 5.05. The Morgan fingerprint density at radius 3 is 2.41 bits per heavy atom. The van der Waals surface area contributed by atoms with Gasteiger partial charge in [0.05, 0.1) is 23.3 Å². The molecule has 2 aromatic carbocycles. The number of ether oxygens (including phenoxy) is 3. The van der Waals surface area contributed by atoms with E-state index in [1.165, 1.54) is 38.6 Å². The van der Waals surface area contributed by atoms with Crippen molar-refractivity contribution < 1.29 is 28.2 Å². The van der Waals surface area contributed by atoms with E-state index in [4.69, 9.17) is 25.8 Å². The Morgan fingerprint density at radius 1 is 1.09 bits per heavy atom. The first-order chi connectivity index (χ1) is 15.0. The summed E-state index contributed by atoms with van der Waals surface area (Å²) in [5.41, 5.74) is -0.200. The van der Waals surface area contributed by atoms with Crippen molar-refractivity contribution in [3.8, 4) is 11.5 Å². The molecule has 0 bridgehead atoms. The van der Waals surface area contributed by atoms with E-state index in [0.29, 0.717) is 10.9 Å². The van der Waals surface area contributed by atoms with Crippen molar-refractivity contribution >= 4 is 46.1 Å². The summed E-state index contributed by atoms with van der Waals surface area (Å²) in [5, 5.41) is 0.174. The van der Waals surface area contributed by atoms with Gasteiger partial charge >= 0.3 is 12.1 Å². The van der Waals surface area contributed by atoms with Crippen LogP contribution in [-0.2, 0) is 9.53 Å². The number of hydrogen-bond acceptors (Lipinski definition) is 7. The molecule has 0 saturated carbocycles. The Bertz CT molecular complexity index is 1200. The molecule has 0 atom stereocenters. The zero-order valence-corrected chi connectivity index (χ0v) is 18.9. The largest absolute Gasteiger partial charge is 0.493 e. The summed E-state index contributed by atoms with van der Waals surface area (Å²) in [4.78, 5) is 34.3. The second-order valence-electron chi connectivity index (χ2n) is 7.73. The number of esters is 1. The van der Waals surface area contributed by atoms with Crippen LogP contribution >= 0.6 is 11.6 Å². The molecule has 1 amide bonds. The van der Waals surface area contributed by atoms with Gasteiger partial charge in [-0.25, -0.2) is 24.1 Å². The van der Waals surface area contributed by atoms with Gasteiger partial charge in [0, 0.05) is 18.4 Å². The van der Waals surface area contributed by atoms with Gasteiger partial charge < -0.3 is 14.2 Å². The Morgan fingerprint density at radius 2 is 1.81 bits per heavy atom. The SMILES string of the molecule is COc1cc2ncnc(N(C(=O)OC(C)(C)C)c3ccc(F)c(Cl)c3)c2cc1OC(C)=O. The molecule has 0 aliphatic rings. The number of rotatable bonds is 4. The van der Waals surface area contributed by atoms with Crippen LogP contribution in [0.1, 0.15) is 27.7 Å². The number of fused-ring (bicyclic) bond motifs is 1. The van der Waals surface area contributed by atoms with Gasteiger partial charge in [0.2, 0.25) is 0 Å². The number of hydrogen-bond donors (Lipinski definition) is 0. The van der Waals surface area contributed by atoms with Crippen molar-refractivity contribution in [2.24, 2.45) is 0 Å². The highest BCUT2D eigenvalue weighted by Gasteiger charge is 2.28. The lowest BCUT2D eigenvalue weighted by Gasteiger charge is -2.27. The topological polar surface area (TPSA) is 90.9 Å². The maximum Gasteiger partial charge on any atom is 0.420 e. The normalized spacial score (nSPS) is 11.2. The van der Waals surface area contributed by atoms with Gasteiger partial charge in [-0.2, -0.15) is 0 Å². The molecular formula is C22H21ClFN3O5. The minimum absolute atomic E-state index is 0.114. The lowest BCUT2D eigenvalue weighted by atomic mass is 10.1. The average molecular weight is 462 g/mol. The molecule has 10 heteroatoms. The van der Waals surface area contributed by atoms with E-state index in [0.717, 1.165) is 11.0 Å². The van der Waals surface area contributed by atoms with Crippen LogP contribution in [0.15, 0.2) is 36.7 Å². The van der Waals surface area contributed by atoms with E-state index in [9.17, 15) is 14.0 Å². The standard InChI is InChI=1S/C22H21ClFN3O5/c1-12(28)31-19-9-14-17(10-18(19)30-5)25-11-26-20(14)27(21(29)32-22(2,3)4)13-6-7-16(24)15(23)8-13/h6-11H,1-5H3. The van der Waals surface area contributed by atoms with Crippen molar-refractivity contribution in [3.05, 3.63) is 47.5 Å². The highest BCUT2D eigenvalue weighted by Crippen LogP contribution is 2.38. The first-order valence-corrected chi connectivity index (χ1v) is 9.87. The van der Waals surface area contributed by atoms with Crippen molar-refractivity contribution in [2.45, 2.75) is 33.3 Å². The van der Waals surface area contributed by atoms with E-state index < -0.39 is 23.5 Å². The number of carbonyl (C=O) groups excluding carboxylic acids is 2. The van der Waals surface area contributed by atoms with Crippen LogP contribution in [0.5, 0.6) is 11.5 Å². The van der Waals surface area contributed by atoms with Gasteiger partial charge in [-0.1, -0.05) is 11.6 Å². The highest BCUT2D eigenvalue weighted by atomic mass is 35.5. The van der Waals surface area contributed by atoms with Gasteiger partial charge in [-0.05, 0) is 45.0 Å². The van der Waals surface area contributed by atoms with Crippen LogP contribution in [0.25, 0.3) is 10.9 Å². The molecule has 168 valence electrons. The minimum atomic E-state index is -0.825. The summed E-state index contributed by atoms with van der Waals surface area (Å²) in [5.74, 6) is -0.705. The van der Waals surface area contributed by atoms with Crippen LogP contribution < -0.4 is 14.4 Å². The Labute approximate surface area is 188 Å². The summed E-state index contributed by atoms with van der Waals surface area (Å²) in [7, 11) is 1.42. The van der Waals surface area contributed by atoms with Gasteiger partial charge in [0.15, 0.2) is 17.3 Å². The Hall–Kier alpha value is -3.46. The average Bonchev–Trinajstić information content (AvgIpc) is 2.69. The molecule has 0 unspecified atom stereocenters. The number of methoxy groups -OCH3 is 1. The molecule has 0 fully saturated rings. The molecule has 0 aliphatic heterocycles. The Balaban J connectivity index is 2.27. The van der Waals surface area contributed by atoms with E-state index in [1.807, 2.05) is 0 Å². The Kier molecular flexibility index (Phi) is 6.50. The maximum absolute atomic E-state index is 13.8. The number of aromatic nitrogens is 2. The van der Waals surface area contributed by atoms with E-state index in [2.05, 4.69) is 9.97 Å². The van der Waals surface area contributed by atoms with Crippen molar-refractivity contribution in [3.63, 3.8) is 0 Å². The van der Waals surface area contributed by atoms with E-state index >= 15 is 0 Å². The van der Waals surface area contributed by atoms with Crippen molar-refractivity contribution in [1.82, 2.24) is 9.97 Å². The lowest BCUT2D eigenvalue weighted by molar-refractivity contribution is -0.132. The fourth-order valence-corrected chi connectivity index (χ4v) is 3.04. The number of anilines is 2. The first-order valence-electron chi connectivity index (χ1n) is 9.49. The molecule has 3 rings (SSSR count). The molecule has 0 saturated heterocycles. The minimum Gasteiger partial charge on any atom is -0.493 e. The molecule has 3 aromatic rings. The summed E-state index contributed by atoms with van der Waals surface area (Å²) in [6, 6.07) is 6.81. The fraction of sp³-hybridized carbons (Fsp3) is 0.273. The quantitative estimate of drug-likeness (QED) is 0.378. The monoisotopic (exact) mass is 461 g/mol. The van der Waals surface area contributed by atoms with E-state index in [-0.39, 0.29) is 28.0 Å². The van der Waals surface area contributed by atoms with Gasteiger partial charge in [0.1, 0.15) is 17.7 Å². The maximum atomic E-state index is 13.8. The van der Waals surface area contributed by atoms with Crippen LogP contribution in [0.2, 0.25) is 5.02 Å². The zero-order valence-electron chi connectivity index (χ0n) is 18.1. The lowest BCUT2D eigenvalue weighted by Crippen LogP contribution is -2.34. The molecule has 0 spiro atoms. The number of benzene rings is 2. The van der Waals surface area contributed by atoms with Crippen LogP contribution in [0.4, 0.5) is 20.7 Å². The molecule has 32 heavy (non-hydrogen) atoms. The predicted octanol–water partition coefficient (Wildman–Crippen LogP) is 5.43. The second-order valence-corrected chi connectivity index (χ2v) is 8.13. The zero-order chi connectivity index (χ0) is 23.6. The number of nitrogens with zero attached hydrogens (tertiary/aromatic N) is 3. The van der Waals surface area contributed by atoms with Crippen LogP contribution in [0.3, 0.4) is 0 Å². The van der Waals surface area contributed by atoms with Gasteiger partial charge in [-0.3, -0.25) is 4.79 Å². The first kappa shape index (κ1) is 23.2. The van der Waals surface area contributed by atoms with Crippen LogP contribution in [-0.4, -0.2) is 34.7 Å². The summed E-state index contributed by atoms with van der Waals surface area (Å²) in [6.45, 7) is 6.38. The number of amides is 1.